The van der Waals surface area contributed by atoms with Gasteiger partial charge in [0.05, 0.1) is 13.2 Å². The van der Waals surface area contributed by atoms with Crippen molar-refractivity contribution in [2.75, 3.05) is 18.5 Å². The van der Waals surface area contributed by atoms with Crippen molar-refractivity contribution in [3.8, 4) is 0 Å². The second-order valence-electron chi connectivity index (χ2n) is 2.92. The number of hydrogen-bond acceptors (Lipinski definition) is 2. The molecule has 0 amide bonds. The summed E-state index contributed by atoms with van der Waals surface area (Å²) in [4.78, 5) is 9.98. The summed E-state index contributed by atoms with van der Waals surface area (Å²) < 4.78 is 0. The van der Waals surface area contributed by atoms with Crippen molar-refractivity contribution in [2.45, 2.75) is 12.8 Å². The molecule has 0 unspecified atom stereocenters. The van der Waals surface area contributed by atoms with Crippen LogP contribution in [-0.2, 0) is 16.2 Å². The first-order valence-electron chi connectivity index (χ1n) is 4.78. The summed E-state index contributed by atoms with van der Waals surface area (Å²) in [5, 5.41) is 0.953. The van der Waals surface area contributed by atoms with E-state index >= 15 is 0 Å². The highest BCUT2D eigenvalue weighted by Gasteiger charge is 1.92. The Hall–Kier alpha value is -0.380. The van der Waals surface area contributed by atoms with Gasteiger partial charge in [-0.25, -0.2) is 9.78 Å². The van der Waals surface area contributed by atoms with Crippen molar-refractivity contribution in [3.63, 3.8) is 0 Å². The van der Waals surface area contributed by atoms with Crippen LogP contribution in [0.4, 0.5) is 0 Å². The van der Waals surface area contributed by atoms with Crippen LogP contribution >= 0.6 is 15.9 Å². The van der Waals surface area contributed by atoms with Crippen LogP contribution in [0.5, 0.6) is 0 Å². The minimum Gasteiger partial charge on any atom is -0.237 e. The van der Waals surface area contributed by atoms with Crippen molar-refractivity contribution < 1.29 is 9.78 Å². The van der Waals surface area contributed by atoms with Crippen LogP contribution in [0.3, 0.4) is 0 Å². The summed E-state index contributed by atoms with van der Waals surface area (Å²) in [6.45, 7) is 1.27. The third-order valence-electron chi connectivity index (χ3n) is 1.76. The number of halogens is 1. The van der Waals surface area contributed by atoms with Crippen molar-refractivity contribution in [1.82, 2.24) is 0 Å². The van der Waals surface area contributed by atoms with E-state index in [4.69, 9.17) is 9.78 Å². The molecule has 0 aromatic heterocycles. The molecular formula is C11H15BrO2. The van der Waals surface area contributed by atoms with E-state index < -0.39 is 0 Å². The van der Waals surface area contributed by atoms with Gasteiger partial charge >= 0.3 is 0 Å². The zero-order valence-corrected chi connectivity index (χ0v) is 9.70. The van der Waals surface area contributed by atoms with Gasteiger partial charge in [-0.05, 0) is 18.4 Å². The number of alkyl halides is 1. The van der Waals surface area contributed by atoms with Gasteiger partial charge in [-0.3, -0.25) is 0 Å². The van der Waals surface area contributed by atoms with E-state index in [1.165, 1.54) is 5.56 Å². The Morgan fingerprint density at radius 1 is 1.00 bits per heavy atom. The molecule has 1 rings (SSSR count). The van der Waals surface area contributed by atoms with Gasteiger partial charge in [-0.1, -0.05) is 46.3 Å². The molecule has 0 aliphatic rings. The maximum absolute atomic E-state index is 5.02. The highest BCUT2D eigenvalue weighted by atomic mass is 79.9. The summed E-state index contributed by atoms with van der Waals surface area (Å²) >= 11 is 3.32. The third kappa shape index (κ3) is 5.37. The minimum atomic E-state index is 0.617. The molecule has 1 aromatic rings. The predicted molar refractivity (Wildman–Crippen MR) is 60.5 cm³/mol. The lowest BCUT2D eigenvalue weighted by Gasteiger charge is -2.02. The zero-order valence-electron chi connectivity index (χ0n) is 8.12. The molecule has 2 nitrogen and oxygen atoms in total. The summed E-state index contributed by atoms with van der Waals surface area (Å²) in [7, 11) is 0. The van der Waals surface area contributed by atoms with Crippen LogP contribution in [0, 0.1) is 0 Å². The van der Waals surface area contributed by atoms with Crippen molar-refractivity contribution in [2.24, 2.45) is 0 Å². The SMILES string of the molecule is BrCCCOOCCc1ccccc1. The molecule has 0 N–H and O–H groups in total. The molecule has 78 valence electrons. The maximum atomic E-state index is 5.02. The molecule has 0 saturated carbocycles. The van der Waals surface area contributed by atoms with Gasteiger partial charge in [-0.15, -0.1) is 0 Å². The lowest BCUT2D eigenvalue weighted by molar-refractivity contribution is -0.293. The summed E-state index contributed by atoms with van der Waals surface area (Å²) in [6, 6.07) is 10.2. The minimum absolute atomic E-state index is 0.617. The average Bonchev–Trinajstić information content (AvgIpc) is 2.25. The third-order valence-corrected chi connectivity index (χ3v) is 2.32. The topological polar surface area (TPSA) is 18.5 Å². The standard InChI is InChI=1S/C11H15BrO2/c12-8-4-9-13-14-10-7-11-5-2-1-3-6-11/h1-3,5-6H,4,7-10H2. The fourth-order valence-electron chi connectivity index (χ4n) is 1.04. The smallest absolute Gasteiger partial charge is 0.0862 e. The quantitative estimate of drug-likeness (QED) is 0.324. The zero-order chi connectivity index (χ0) is 10.1. The highest BCUT2D eigenvalue weighted by Crippen LogP contribution is 1.99. The Bertz CT molecular complexity index is 226. The Balaban J connectivity index is 1.99. The first-order valence-corrected chi connectivity index (χ1v) is 5.90. The first kappa shape index (κ1) is 11.7. The fraction of sp³-hybridized carbons (Fsp3) is 0.455. The molecule has 0 heterocycles. The van der Waals surface area contributed by atoms with Gasteiger partial charge in [0.1, 0.15) is 0 Å². The number of hydrogen-bond donors (Lipinski definition) is 0. The second-order valence-corrected chi connectivity index (χ2v) is 3.72. The average molecular weight is 259 g/mol. The molecule has 3 heteroatoms. The van der Waals surface area contributed by atoms with Crippen molar-refractivity contribution >= 4 is 15.9 Å². The molecule has 0 aliphatic carbocycles. The Labute approximate surface area is 93.3 Å². The van der Waals surface area contributed by atoms with Crippen molar-refractivity contribution in [3.05, 3.63) is 35.9 Å². The van der Waals surface area contributed by atoms with E-state index in [2.05, 4.69) is 28.1 Å². The molecule has 0 atom stereocenters. The van der Waals surface area contributed by atoms with Gasteiger partial charge in [0.25, 0.3) is 0 Å². The van der Waals surface area contributed by atoms with E-state index in [-0.39, 0.29) is 0 Å². The van der Waals surface area contributed by atoms with Crippen LogP contribution < -0.4 is 0 Å². The Morgan fingerprint density at radius 3 is 2.43 bits per heavy atom. The van der Waals surface area contributed by atoms with Crippen LogP contribution in [0.15, 0.2) is 30.3 Å². The molecule has 0 spiro atoms. The highest BCUT2D eigenvalue weighted by molar-refractivity contribution is 9.09. The van der Waals surface area contributed by atoms with Crippen LogP contribution in [0.25, 0.3) is 0 Å². The molecule has 0 aliphatic heterocycles. The lowest BCUT2D eigenvalue weighted by atomic mass is 10.2. The van der Waals surface area contributed by atoms with Crippen molar-refractivity contribution in [1.29, 1.82) is 0 Å². The molecule has 0 saturated heterocycles. The van der Waals surface area contributed by atoms with Gasteiger partial charge in [0.2, 0.25) is 0 Å². The Morgan fingerprint density at radius 2 is 1.71 bits per heavy atom. The molecular weight excluding hydrogens is 244 g/mol. The van der Waals surface area contributed by atoms with Gasteiger partial charge in [0.15, 0.2) is 0 Å². The molecule has 1 aromatic carbocycles. The normalized spacial score (nSPS) is 10.4. The van der Waals surface area contributed by atoms with Crippen LogP contribution in [0.1, 0.15) is 12.0 Å². The number of rotatable bonds is 7. The molecule has 0 fully saturated rings. The van der Waals surface area contributed by atoms with E-state index in [1.807, 2.05) is 18.2 Å². The molecule has 0 bridgehead atoms. The maximum Gasteiger partial charge on any atom is 0.0862 e. The summed E-state index contributed by atoms with van der Waals surface area (Å²) in [5.41, 5.74) is 1.27. The molecule has 0 radical (unpaired) electrons. The lowest BCUT2D eigenvalue weighted by Crippen LogP contribution is -2.01. The first-order chi connectivity index (χ1) is 6.93. The van der Waals surface area contributed by atoms with E-state index in [1.54, 1.807) is 0 Å². The monoisotopic (exact) mass is 258 g/mol. The second kappa shape index (κ2) is 7.97. The summed E-state index contributed by atoms with van der Waals surface area (Å²) in [6.07, 6.45) is 1.88. The van der Waals surface area contributed by atoms with Crippen LogP contribution in [0.2, 0.25) is 0 Å². The molecule has 14 heavy (non-hydrogen) atoms. The van der Waals surface area contributed by atoms with Gasteiger partial charge < -0.3 is 0 Å². The number of benzene rings is 1. The van der Waals surface area contributed by atoms with E-state index in [0.717, 1.165) is 18.2 Å². The van der Waals surface area contributed by atoms with E-state index in [0.29, 0.717) is 13.2 Å². The largest absolute Gasteiger partial charge is 0.237 e. The van der Waals surface area contributed by atoms with E-state index in [9.17, 15) is 0 Å². The van der Waals surface area contributed by atoms with Gasteiger partial charge in [-0.2, -0.15) is 0 Å². The van der Waals surface area contributed by atoms with Gasteiger partial charge in [0, 0.05) is 5.33 Å². The summed E-state index contributed by atoms with van der Waals surface area (Å²) in [5.74, 6) is 0. The fourth-order valence-corrected chi connectivity index (χ4v) is 1.26. The Kier molecular flexibility index (Phi) is 6.66. The predicted octanol–water partition coefficient (Wildman–Crippen LogP) is 2.96. The van der Waals surface area contributed by atoms with Crippen LogP contribution in [-0.4, -0.2) is 18.5 Å².